The van der Waals surface area contributed by atoms with E-state index in [0.29, 0.717) is 29.9 Å². The van der Waals surface area contributed by atoms with Gasteiger partial charge in [-0.1, -0.05) is 6.07 Å². The Balaban J connectivity index is 1.87. The number of amides is 1. The molecule has 1 fully saturated rings. The van der Waals surface area contributed by atoms with Crippen LogP contribution in [0.4, 0.5) is 11.4 Å². The molecule has 1 aromatic carbocycles. The summed E-state index contributed by atoms with van der Waals surface area (Å²) >= 11 is 0. The minimum atomic E-state index is -3.28. The highest BCUT2D eigenvalue weighted by Crippen LogP contribution is 2.30. The molecule has 1 amide bonds. The van der Waals surface area contributed by atoms with Gasteiger partial charge in [0.15, 0.2) is 0 Å². The number of hydrogen-bond acceptors (Lipinski definition) is 4. The first-order valence-corrected chi connectivity index (χ1v) is 9.09. The van der Waals surface area contributed by atoms with Crippen molar-refractivity contribution in [2.75, 3.05) is 21.9 Å². The number of sulfonamides is 1. The SMILES string of the molecule is Cc1ccc(NC(=O)c2ccc(=O)[nH]c2)cc1N1CCCS1(=O)=O. The third-order valence-electron chi connectivity index (χ3n) is 3.88. The molecule has 126 valence electrons. The zero-order valence-electron chi connectivity index (χ0n) is 13.1. The predicted octanol–water partition coefficient (Wildman–Crippen LogP) is 1.48. The Kier molecular flexibility index (Phi) is 4.15. The monoisotopic (exact) mass is 347 g/mol. The molecule has 0 aliphatic carbocycles. The largest absolute Gasteiger partial charge is 0.328 e. The standard InChI is InChI=1S/C16H17N3O4S/c1-11-3-5-13(9-14(11)19-7-2-8-24(19,22)23)18-16(21)12-4-6-15(20)17-10-12/h3-6,9-10H,2,7-8H2,1H3,(H,17,20)(H,18,21). The van der Waals surface area contributed by atoms with Gasteiger partial charge in [0.05, 0.1) is 17.0 Å². The normalized spacial score (nSPS) is 16.1. The minimum absolute atomic E-state index is 0.139. The highest BCUT2D eigenvalue weighted by atomic mass is 32.2. The number of nitrogens with one attached hydrogen (secondary N) is 2. The summed E-state index contributed by atoms with van der Waals surface area (Å²) in [4.78, 5) is 25.7. The van der Waals surface area contributed by atoms with Crippen LogP contribution < -0.4 is 15.2 Å². The van der Waals surface area contributed by atoms with Crippen molar-refractivity contribution >= 4 is 27.3 Å². The van der Waals surface area contributed by atoms with E-state index < -0.39 is 10.0 Å². The highest BCUT2D eigenvalue weighted by molar-refractivity contribution is 7.93. The number of aryl methyl sites for hydroxylation is 1. The fourth-order valence-corrected chi connectivity index (χ4v) is 4.24. The number of anilines is 2. The third kappa shape index (κ3) is 3.18. The molecule has 0 atom stereocenters. The van der Waals surface area contributed by atoms with Crippen LogP contribution in [0, 0.1) is 6.92 Å². The number of nitrogens with zero attached hydrogens (tertiary/aromatic N) is 1. The van der Waals surface area contributed by atoms with Crippen LogP contribution in [0.5, 0.6) is 0 Å². The summed E-state index contributed by atoms with van der Waals surface area (Å²) in [6.45, 7) is 2.28. The number of aromatic nitrogens is 1. The zero-order chi connectivity index (χ0) is 17.3. The average molecular weight is 347 g/mol. The second kappa shape index (κ2) is 6.12. The van der Waals surface area contributed by atoms with Crippen molar-refractivity contribution in [1.82, 2.24) is 4.98 Å². The lowest BCUT2D eigenvalue weighted by atomic mass is 10.1. The van der Waals surface area contributed by atoms with Gasteiger partial charge in [0.1, 0.15) is 0 Å². The molecule has 0 unspecified atom stereocenters. The quantitative estimate of drug-likeness (QED) is 0.878. The lowest BCUT2D eigenvalue weighted by Crippen LogP contribution is -2.26. The summed E-state index contributed by atoms with van der Waals surface area (Å²) in [5, 5.41) is 2.71. The average Bonchev–Trinajstić information content (AvgIpc) is 2.89. The fraction of sp³-hybridized carbons (Fsp3) is 0.250. The Morgan fingerprint density at radius 2 is 2.04 bits per heavy atom. The number of carbonyl (C=O) groups excluding carboxylic acids is 1. The van der Waals surface area contributed by atoms with E-state index in [1.807, 2.05) is 6.92 Å². The number of H-pyrrole nitrogens is 1. The molecular formula is C16H17N3O4S. The second-order valence-electron chi connectivity index (χ2n) is 5.64. The van der Waals surface area contributed by atoms with Crippen molar-refractivity contribution in [3.63, 3.8) is 0 Å². The van der Waals surface area contributed by atoms with Gasteiger partial charge in [-0.25, -0.2) is 8.42 Å². The molecule has 0 spiro atoms. The first kappa shape index (κ1) is 16.3. The van der Waals surface area contributed by atoms with E-state index >= 15 is 0 Å². The molecule has 2 aromatic rings. The lowest BCUT2D eigenvalue weighted by molar-refractivity contribution is 0.102. The molecule has 1 aromatic heterocycles. The molecule has 1 aliphatic heterocycles. The zero-order valence-corrected chi connectivity index (χ0v) is 13.9. The van der Waals surface area contributed by atoms with Crippen molar-refractivity contribution in [3.8, 4) is 0 Å². The predicted molar refractivity (Wildman–Crippen MR) is 91.9 cm³/mol. The minimum Gasteiger partial charge on any atom is -0.328 e. The molecule has 1 aliphatic rings. The van der Waals surface area contributed by atoms with Gasteiger partial charge in [-0.3, -0.25) is 13.9 Å². The molecule has 2 heterocycles. The molecule has 2 N–H and O–H groups in total. The first-order valence-electron chi connectivity index (χ1n) is 7.48. The molecule has 8 heteroatoms. The maximum atomic E-state index is 12.2. The van der Waals surface area contributed by atoms with Crippen molar-refractivity contribution in [2.45, 2.75) is 13.3 Å². The van der Waals surface area contributed by atoms with E-state index in [1.165, 1.54) is 22.6 Å². The number of aromatic amines is 1. The van der Waals surface area contributed by atoms with Crippen molar-refractivity contribution < 1.29 is 13.2 Å². The number of rotatable bonds is 3. The van der Waals surface area contributed by atoms with Crippen LogP contribution in [-0.2, 0) is 10.0 Å². The molecule has 7 nitrogen and oxygen atoms in total. The van der Waals surface area contributed by atoms with Gasteiger partial charge in [-0.15, -0.1) is 0 Å². The van der Waals surface area contributed by atoms with Gasteiger partial charge in [-0.2, -0.15) is 0 Å². The highest BCUT2D eigenvalue weighted by Gasteiger charge is 2.29. The van der Waals surface area contributed by atoms with Gasteiger partial charge in [0.2, 0.25) is 15.6 Å². The van der Waals surface area contributed by atoms with Crippen LogP contribution in [0.15, 0.2) is 41.3 Å². The number of hydrogen-bond donors (Lipinski definition) is 2. The van der Waals surface area contributed by atoms with E-state index in [2.05, 4.69) is 10.3 Å². The molecule has 0 bridgehead atoms. The van der Waals surface area contributed by atoms with Crippen molar-refractivity contribution in [1.29, 1.82) is 0 Å². The van der Waals surface area contributed by atoms with Gasteiger partial charge in [0, 0.05) is 24.5 Å². The summed E-state index contributed by atoms with van der Waals surface area (Å²) in [5.41, 5.74) is 1.91. The van der Waals surface area contributed by atoms with Crippen LogP contribution in [-0.4, -0.2) is 31.6 Å². The Morgan fingerprint density at radius 3 is 2.67 bits per heavy atom. The number of carbonyl (C=O) groups is 1. The summed E-state index contributed by atoms with van der Waals surface area (Å²) in [6, 6.07) is 7.83. The van der Waals surface area contributed by atoms with E-state index in [9.17, 15) is 18.0 Å². The first-order chi connectivity index (χ1) is 11.4. The maximum Gasteiger partial charge on any atom is 0.257 e. The molecule has 0 saturated carbocycles. The molecule has 0 radical (unpaired) electrons. The number of pyridine rings is 1. The van der Waals surface area contributed by atoms with E-state index in [0.717, 1.165) is 5.56 Å². The Hall–Kier alpha value is -2.61. The molecule has 3 rings (SSSR count). The molecule has 1 saturated heterocycles. The number of benzene rings is 1. The summed E-state index contributed by atoms with van der Waals surface area (Å²) in [7, 11) is -3.28. The van der Waals surface area contributed by atoms with Gasteiger partial charge in [0.25, 0.3) is 5.91 Å². The molecular weight excluding hydrogens is 330 g/mol. The van der Waals surface area contributed by atoms with Gasteiger partial charge in [-0.05, 0) is 37.1 Å². The molecule has 24 heavy (non-hydrogen) atoms. The van der Waals surface area contributed by atoms with E-state index in [1.54, 1.807) is 18.2 Å². The third-order valence-corrected chi connectivity index (χ3v) is 5.74. The topological polar surface area (TPSA) is 99.3 Å². The van der Waals surface area contributed by atoms with Crippen molar-refractivity contribution in [2.24, 2.45) is 0 Å². The summed E-state index contributed by atoms with van der Waals surface area (Å²) in [6.07, 6.45) is 1.92. The Labute approximate surface area is 139 Å². The maximum absolute atomic E-state index is 12.2. The van der Waals surface area contributed by atoms with E-state index in [4.69, 9.17) is 0 Å². The van der Waals surface area contributed by atoms with Crippen LogP contribution in [0.3, 0.4) is 0 Å². The van der Waals surface area contributed by atoms with E-state index in [-0.39, 0.29) is 17.2 Å². The summed E-state index contributed by atoms with van der Waals surface area (Å²) in [5.74, 6) is -0.245. The fourth-order valence-electron chi connectivity index (χ4n) is 2.62. The second-order valence-corrected chi connectivity index (χ2v) is 7.65. The van der Waals surface area contributed by atoms with Gasteiger partial charge >= 0.3 is 0 Å². The van der Waals surface area contributed by atoms with Crippen LogP contribution in [0.1, 0.15) is 22.3 Å². The van der Waals surface area contributed by atoms with Crippen LogP contribution >= 0.6 is 0 Å². The van der Waals surface area contributed by atoms with Gasteiger partial charge < -0.3 is 10.3 Å². The summed E-state index contributed by atoms with van der Waals surface area (Å²) < 4.78 is 25.6. The van der Waals surface area contributed by atoms with Crippen molar-refractivity contribution in [3.05, 3.63) is 58.0 Å². The lowest BCUT2D eigenvalue weighted by Gasteiger charge is -2.20. The Bertz CT molecular complexity index is 930. The van der Waals surface area contributed by atoms with Crippen LogP contribution in [0.2, 0.25) is 0 Å². The Morgan fingerprint density at radius 1 is 1.25 bits per heavy atom. The van der Waals surface area contributed by atoms with Crippen LogP contribution in [0.25, 0.3) is 0 Å². The smallest absolute Gasteiger partial charge is 0.257 e.